The number of rotatable bonds is 5. The number of hydrogen-bond acceptors (Lipinski definition) is 6. The van der Waals surface area contributed by atoms with Gasteiger partial charge in [0.25, 0.3) is 0 Å². The number of carbonyl (C=O) groups excluding carboxylic acids is 2. The Hall–Kier alpha value is -2.77. The van der Waals surface area contributed by atoms with Crippen molar-refractivity contribution >= 4 is 32.9 Å². The van der Waals surface area contributed by atoms with Crippen molar-refractivity contribution in [2.75, 3.05) is 39.3 Å². The van der Waals surface area contributed by atoms with Gasteiger partial charge in [-0.3, -0.25) is 20.0 Å². The molecule has 9 nitrogen and oxygen atoms in total. The number of imide groups is 1. The quantitative estimate of drug-likeness (QED) is 0.676. The molecule has 3 amide bonds. The lowest BCUT2D eigenvalue weighted by atomic mass is 10.2. The summed E-state index contributed by atoms with van der Waals surface area (Å²) in [6, 6.07) is 5.55. The molecule has 0 bridgehead atoms. The Labute approximate surface area is 182 Å². The van der Waals surface area contributed by atoms with E-state index < -0.39 is 34.7 Å². The van der Waals surface area contributed by atoms with Crippen LogP contribution in [0.4, 0.5) is 18.0 Å². The predicted octanol–water partition coefficient (Wildman–Crippen LogP) is 1.24. The molecule has 2 heterocycles. The first-order valence-corrected chi connectivity index (χ1v) is 11.1. The molecule has 2 aromatic rings. The van der Waals surface area contributed by atoms with E-state index in [2.05, 4.69) is 4.98 Å². The smallest absolute Gasteiger partial charge is 0.329 e. The van der Waals surface area contributed by atoms with Crippen LogP contribution in [0.3, 0.4) is 0 Å². The zero-order valence-electron chi connectivity index (χ0n) is 17.1. The zero-order chi connectivity index (χ0) is 23.5. The van der Waals surface area contributed by atoms with Gasteiger partial charge in [0, 0.05) is 37.8 Å². The van der Waals surface area contributed by atoms with Crippen molar-refractivity contribution in [3.05, 3.63) is 36.0 Å². The third-order valence-corrected chi connectivity index (χ3v) is 6.76. The van der Waals surface area contributed by atoms with Crippen molar-refractivity contribution in [1.82, 2.24) is 24.8 Å². The van der Waals surface area contributed by atoms with Gasteiger partial charge in [-0.15, -0.1) is 0 Å². The monoisotopic (exact) mass is 473 g/mol. The molecule has 0 spiro atoms. The maximum absolute atomic E-state index is 13.2. The van der Waals surface area contributed by atoms with Gasteiger partial charge in [0.15, 0.2) is 0 Å². The molecule has 1 saturated heterocycles. The van der Waals surface area contributed by atoms with Crippen LogP contribution < -0.4 is 10.6 Å². The minimum atomic E-state index is -4.58. The number of nitrogens with one attached hydrogen (secondary N) is 2. The Balaban J connectivity index is 1.57. The van der Waals surface area contributed by atoms with Gasteiger partial charge in [-0.2, -0.15) is 17.5 Å². The average Bonchev–Trinajstić information content (AvgIpc) is 2.71. The zero-order valence-corrected chi connectivity index (χ0v) is 18.0. The highest BCUT2D eigenvalue weighted by Crippen LogP contribution is 2.25. The van der Waals surface area contributed by atoms with E-state index in [1.54, 1.807) is 28.5 Å². The second kappa shape index (κ2) is 9.38. The van der Waals surface area contributed by atoms with Gasteiger partial charge in [-0.25, -0.2) is 13.2 Å². The number of hydrogen-bond donors (Lipinski definition) is 2. The van der Waals surface area contributed by atoms with Crippen molar-refractivity contribution in [2.24, 2.45) is 0 Å². The summed E-state index contributed by atoms with van der Waals surface area (Å²) >= 11 is 0. The van der Waals surface area contributed by atoms with Crippen LogP contribution in [0.5, 0.6) is 0 Å². The molecule has 1 aliphatic heterocycles. The van der Waals surface area contributed by atoms with Crippen molar-refractivity contribution in [3.8, 4) is 0 Å². The van der Waals surface area contributed by atoms with E-state index in [0.717, 1.165) is 5.56 Å². The third-order valence-electron chi connectivity index (χ3n) is 4.83. The van der Waals surface area contributed by atoms with Crippen molar-refractivity contribution < 1.29 is 31.2 Å². The fourth-order valence-corrected chi connectivity index (χ4v) is 4.90. The van der Waals surface area contributed by atoms with Crippen LogP contribution in [-0.4, -0.2) is 80.0 Å². The van der Waals surface area contributed by atoms with Gasteiger partial charge >= 0.3 is 12.2 Å². The number of urea groups is 1. The number of aromatic nitrogens is 1. The van der Waals surface area contributed by atoms with Crippen LogP contribution in [-0.2, 0) is 14.8 Å². The maximum atomic E-state index is 13.2. The van der Waals surface area contributed by atoms with Crippen molar-refractivity contribution in [3.63, 3.8) is 0 Å². The van der Waals surface area contributed by atoms with Crippen LogP contribution in [0.1, 0.15) is 5.56 Å². The van der Waals surface area contributed by atoms with Crippen LogP contribution in [0.25, 0.3) is 10.9 Å². The number of nitrogens with zero attached hydrogens (tertiary/aromatic N) is 3. The van der Waals surface area contributed by atoms with Gasteiger partial charge in [0.05, 0.1) is 12.1 Å². The highest BCUT2D eigenvalue weighted by molar-refractivity contribution is 7.89. The minimum absolute atomic E-state index is 0.0996. The number of aryl methyl sites for hydroxylation is 1. The summed E-state index contributed by atoms with van der Waals surface area (Å²) in [7, 11) is -3.82. The molecule has 0 radical (unpaired) electrons. The number of amides is 3. The van der Waals surface area contributed by atoms with Gasteiger partial charge in [-0.05, 0) is 24.6 Å². The number of carbonyl (C=O) groups is 2. The molecule has 0 saturated carbocycles. The number of alkyl halides is 3. The summed E-state index contributed by atoms with van der Waals surface area (Å²) in [5.74, 6) is -0.783. The Morgan fingerprint density at radius 1 is 1.16 bits per heavy atom. The molecular formula is C19H22F3N5O4S. The van der Waals surface area contributed by atoms with E-state index in [-0.39, 0.29) is 37.6 Å². The first-order valence-electron chi connectivity index (χ1n) is 9.68. The van der Waals surface area contributed by atoms with E-state index in [0.29, 0.717) is 10.9 Å². The molecule has 0 unspecified atom stereocenters. The molecule has 1 aliphatic rings. The van der Waals surface area contributed by atoms with E-state index in [1.807, 2.05) is 18.3 Å². The molecule has 0 aliphatic carbocycles. The Morgan fingerprint density at radius 3 is 2.50 bits per heavy atom. The third kappa shape index (κ3) is 5.93. The van der Waals surface area contributed by atoms with Crippen LogP contribution in [0.15, 0.2) is 35.4 Å². The molecule has 13 heteroatoms. The lowest BCUT2D eigenvalue weighted by molar-refractivity contribution is -0.125. The molecule has 3 rings (SSSR count). The van der Waals surface area contributed by atoms with Crippen LogP contribution >= 0.6 is 0 Å². The van der Waals surface area contributed by atoms with E-state index in [4.69, 9.17) is 0 Å². The van der Waals surface area contributed by atoms with Gasteiger partial charge in [0.2, 0.25) is 15.9 Å². The first kappa shape index (κ1) is 23.9. The van der Waals surface area contributed by atoms with E-state index in [9.17, 15) is 31.2 Å². The largest absolute Gasteiger partial charge is 0.405 e. The minimum Gasteiger partial charge on any atom is -0.329 e. The number of para-hydroxylation sites is 1. The SMILES string of the molecule is Cc1cnc2c(S(=O)(=O)N3CCN(CC(=O)NC(=O)NCC(F)(F)F)CC3)cccc2c1. The fraction of sp³-hybridized carbons (Fsp3) is 0.421. The summed E-state index contributed by atoms with van der Waals surface area (Å²) < 4.78 is 63.9. The second-order valence-corrected chi connectivity index (χ2v) is 9.27. The molecule has 32 heavy (non-hydrogen) atoms. The normalized spacial score (nSPS) is 16.1. The fourth-order valence-electron chi connectivity index (χ4n) is 3.31. The van der Waals surface area contributed by atoms with Crippen LogP contribution in [0, 0.1) is 6.92 Å². The standard InChI is InChI=1S/C19H22F3N5O4S/c1-13-9-14-3-2-4-15(17(14)23-10-13)32(30,31)27-7-5-26(6-8-27)11-16(28)25-18(29)24-12-19(20,21)22/h2-4,9-10H,5-8,11-12H2,1H3,(H2,24,25,28,29). The summed E-state index contributed by atoms with van der Waals surface area (Å²) in [5, 5.41) is 4.08. The summed E-state index contributed by atoms with van der Waals surface area (Å²) in [5.41, 5.74) is 1.29. The number of pyridine rings is 1. The van der Waals surface area contributed by atoms with E-state index >= 15 is 0 Å². The maximum Gasteiger partial charge on any atom is 0.405 e. The number of fused-ring (bicyclic) bond motifs is 1. The lowest BCUT2D eigenvalue weighted by Gasteiger charge is -2.33. The summed E-state index contributed by atoms with van der Waals surface area (Å²) in [4.78, 5) is 29.2. The predicted molar refractivity (Wildman–Crippen MR) is 109 cm³/mol. The average molecular weight is 473 g/mol. The number of halogens is 3. The molecule has 1 aromatic heterocycles. The molecule has 174 valence electrons. The van der Waals surface area contributed by atoms with Crippen molar-refractivity contribution in [1.29, 1.82) is 0 Å². The van der Waals surface area contributed by atoms with Crippen LogP contribution in [0.2, 0.25) is 0 Å². The number of piperazine rings is 1. The highest BCUT2D eigenvalue weighted by atomic mass is 32.2. The highest BCUT2D eigenvalue weighted by Gasteiger charge is 2.31. The molecule has 1 aromatic carbocycles. The Bertz CT molecular complexity index is 1120. The Morgan fingerprint density at radius 2 is 1.84 bits per heavy atom. The molecule has 2 N–H and O–H groups in total. The topological polar surface area (TPSA) is 112 Å². The number of benzene rings is 1. The molecular weight excluding hydrogens is 451 g/mol. The summed E-state index contributed by atoms with van der Waals surface area (Å²) in [6.07, 6.45) is -2.98. The van der Waals surface area contributed by atoms with Gasteiger partial charge < -0.3 is 5.32 Å². The second-order valence-electron chi connectivity index (χ2n) is 7.37. The number of sulfonamides is 1. The molecule has 1 fully saturated rings. The van der Waals surface area contributed by atoms with Crippen molar-refractivity contribution in [2.45, 2.75) is 18.0 Å². The van der Waals surface area contributed by atoms with Gasteiger partial charge in [0.1, 0.15) is 11.4 Å². The first-order chi connectivity index (χ1) is 15.0. The van der Waals surface area contributed by atoms with E-state index in [1.165, 1.54) is 10.4 Å². The lowest BCUT2D eigenvalue weighted by Crippen LogP contribution is -2.52. The Kier molecular flexibility index (Phi) is 7.00. The molecule has 0 atom stereocenters. The summed E-state index contributed by atoms with van der Waals surface area (Å²) in [6.45, 7) is 0.717. The van der Waals surface area contributed by atoms with Gasteiger partial charge in [-0.1, -0.05) is 12.1 Å².